The monoisotopic (exact) mass is 402 g/mol. The summed E-state index contributed by atoms with van der Waals surface area (Å²) in [6.45, 7) is 4.10. The average Bonchev–Trinajstić information content (AvgIpc) is 3.00. The lowest BCUT2D eigenvalue weighted by Gasteiger charge is -2.18. The number of aryl methyl sites for hydroxylation is 2. The predicted octanol–water partition coefficient (Wildman–Crippen LogP) is 4.94. The molecule has 0 N–H and O–H groups in total. The normalized spacial score (nSPS) is 10.8. The highest BCUT2D eigenvalue weighted by Gasteiger charge is 2.16. The van der Waals surface area contributed by atoms with Gasteiger partial charge in [0.1, 0.15) is 23.9 Å². The molecular weight excluding hydrogens is 383 g/mol. The van der Waals surface area contributed by atoms with E-state index in [1.807, 2.05) is 13.8 Å². The highest BCUT2D eigenvalue weighted by Crippen LogP contribution is 2.22. The summed E-state index contributed by atoms with van der Waals surface area (Å²) < 4.78 is 24.8. The highest BCUT2D eigenvalue weighted by atomic mass is 35.5. The minimum absolute atomic E-state index is 0.0780. The second-order valence-corrected chi connectivity index (χ2v) is 6.88. The molecule has 0 spiro atoms. The van der Waals surface area contributed by atoms with E-state index in [-0.39, 0.29) is 12.5 Å². The van der Waals surface area contributed by atoms with Gasteiger partial charge < -0.3 is 14.2 Å². The largest absolute Gasteiger partial charge is 0.489 e. The summed E-state index contributed by atoms with van der Waals surface area (Å²) in [7, 11) is 1.60. The number of nitrogens with zero attached hydrogens (tertiary/aromatic N) is 2. The minimum Gasteiger partial charge on any atom is -0.489 e. The number of hydrogen-bond donors (Lipinski definition) is 0. The molecule has 3 aromatic rings. The van der Waals surface area contributed by atoms with Gasteiger partial charge in [-0.25, -0.2) is 4.39 Å². The molecule has 0 aliphatic heterocycles. The van der Waals surface area contributed by atoms with Gasteiger partial charge in [-0.3, -0.25) is 4.79 Å². The zero-order chi connectivity index (χ0) is 20.3. The number of halogens is 2. The van der Waals surface area contributed by atoms with Crippen LogP contribution in [-0.4, -0.2) is 23.0 Å². The molecule has 1 amide bonds. The summed E-state index contributed by atoms with van der Waals surface area (Å²) in [5, 5.41) is 4.18. The third kappa shape index (κ3) is 4.34. The van der Waals surface area contributed by atoms with Crippen LogP contribution in [0.5, 0.6) is 5.75 Å². The molecule has 0 unspecified atom stereocenters. The van der Waals surface area contributed by atoms with Gasteiger partial charge in [0, 0.05) is 29.7 Å². The van der Waals surface area contributed by atoms with Crippen molar-refractivity contribution in [3.63, 3.8) is 0 Å². The van der Waals surface area contributed by atoms with Crippen molar-refractivity contribution in [3.05, 3.63) is 81.4 Å². The van der Waals surface area contributed by atoms with Crippen LogP contribution >= 0.6 is 11.6 Å². The zero-order valence-electron chi connectivity index (χ0n) is 15.8. The fourth-order valence-corrected chi connectivity index (χ4v) is 2.99. The van der Waals surface area contributed by atoms with Gasteiger partial charge in [-0.2, -0.15) is 0 Å². The molecule has 0 radical (unpaired) electrons. The SMILES string of the molecule is Cc1noc(C)c1COc1ccc(C(=O)N(C)Cc2c(F)cccc2Cl)cc1. The van der Waals surface area contributed by atoms with Gasteiger partial charge in [0.05, 0.1) is 11.3 Å². The van der Waals surface area contributed by atoms with Crippen molar-refractivity contribution in [1.29, 1.82) is 0 Å². The third-order valence-electron chi connectivity index (χ3n) is 4.47. The van der Waals surface area contributed by atoms with E-state index in [1.54, 1.807) is 37.4 Å². The summed E-state index contributed by atoms with van der Waals surface area (Å²) in [6.07, 6.45) is 0. The maximum atomic E-state index is 13.9. The molecule has 28 heavy (non-hydrogen) atoms. The van der Waals surface area contributed by atoms with Crippen LogP contribution in [0.1, 0.15) is 32.9 Å². The lowest BCUT2D eigenvalue weighted by atomic mass is 10.1. The van der Waals surface area contributed by atoms with Crippen molar-refractivity contribution < 1.29 is 18.4 Å². The Balaban J connectivity index is 1.64. The Morgan fingerprint density at radius 3 is 2.50 bits per heavy atom. The number of carbonyl (C=O) groups excluding carboxylic acids is 1. The summed E-state index contributed by atoms with van der Waals surface area (Å²) in [5.74, 6) is 0.667. The lowest BCUT2D eigenvalue weighted by molar-refractivity contribution is 0.0784. The summed E-state index contributed by atoms with van der Waals surface area (Å²) >= 11 is 6.04. The molecule has 1 heterocycles. The highest BCUT2D eigenvalue weighted by molar-refractivity contribution is 6.31. The van der Waals surface area contributed by atoms with E-state index in [0.29, 0.717) is 28.5 Å². The van der Waals surface area contributed by atoms with Crippen molar-refractivity contribution in [3.8, 4) is 5.75 Å². The second kappa shape index (κ2) is 8.44. The standard InChI is InChI=1S/C21H20ClFN2O3/c1-13-18(14(2)28-24-13)12-27-16-9-7-15(8-10-16)21(26)25(3)11-17-19(22)5-4-6-20(17)23/h4-10H,11-12H2,1-3H3. The van der Waals surface area contributed by atoms with Crippen LogP contribution in [0.25, 0.3) is 0 Å². The van der Waals surface area contributed by atoms with Crippen LogP contribution in [0.3, 0.4) is 0 Å². The number of rotatable bonds is 6. The van der Waals surface area contributed by atoms with Crippen molar-refractivity contribution in [2.24, 2.45) is 0 Å². The van der Waals surface area contributed by atoms with Gasteiger partial charge in [-0.15, -0.1) is 0 Å². The number of amides is 1. The van der Waals surface area contributed by atoms with Gasteiger partial charge in [-0.05, 0) is 50.2 Å². The first-order valence-electron chi connectivity index (χ1n) is 8.69. The van der Waals surface area contributed by atoms with E-state index in [1.165, 1.54) is 17.0 Å². The molecule has 0 aliphatic carbocycles. The van der Waals surface area contributed by atoms with Crippen LogP contribution in [0.15, 0.2) is 47.0 Å². The van der Waals surface area contributed by atoms with E-state index in [0.717, 1.165) is 17.0 Å². The molecule has 0 saturated heterocycles. The van der Waals surface area contributed by atoms with Crippen molar-refractivity contribution in [2.45, 2.75) is 27.0 Å². The molecule has 1 aromatic heterocycles. The summed E-state index contributed by atoms with van der Waals surface area (Å²) in [6, 6.07) is 11.2. The molecule has 0 saturated carbocycles. The van der Waals surface area contributed by atoms with Gasteiger partial charge in [0.2, 0.25) is 0 Å². The molecule has 5 nitrogen and oxygen atoms in total. The Morgan fingerprint density at radius 2 is 1.89 bits per heavy atom. The quantitative estimate of drug-likeness (QED) is 0.586. The summed E-state index contributed by atoms with van der Waals surface area (Å²) in [5.41, 5.74) is 2.46. The molecule has 0 fully saturated rings. The first-order chi connectivity index (χ1) is 13.4. The van der Waals surface area contributed by atoms with Gasteiger partial charge in [-0.1, -0.05) is 22.8 Å². The van der Waals surface area contributed by atoms with E-state index in [9.17, 15) is 9.18 Å². The molecule has 0 bridgehead atoms. The number of ether oxygens (including phenoxy) is 1. The fourth-order valence-electron chi connectivity index (χ4n) is 2.77. The van der Waals surface area contributed by atoms with E-state index < -0.39 is 5.82 Å². The summed E-state index contributed by atoms with van der Waals surface area (Å²) in [4.78, 5) is 14.0. The Labute approximate surface area is 167 Å². The molecular formula is C21H20ClFN2O3. The van der Waals surface area contributed by atoms with Crippen LogP contribution in [0.4, 0.5) is 4.39 Å². The third-order valence-corrected chi connectivity index (χ3v) is 4.82. The number of carbonyl (C=O) groups is 1. The van der Waals surface area contributed by atoms with Crippen LogP contribution in [0.2, 0.25) is 5.02 Å². The van der Waals surface area contributed by atoms with Crippen LogP contribution in [0, 0.1) is 19.7 Å². The first-order valence-corrected chi connectivity index (χ1v) is 9.07. The number of benzene rings is 2. The molecule has 3 rings (SSSR count). The number of hydrogen-bond acceptors (Lipinski definition) is 4. The molecule has 7 heteroatoms. The second-order valence-electron chi connectivity index (χ2n) is 6.48. The maximum Gasteiger partial charge on any atom is 0.253 e. The van der Waals surface area contributed by atoms with Gasteiger partial charge in [0.25, 0.3) is 5.91 Å². The van der Waals surface area contributed by atoms with E-state index in [4.69, 9.17) is 20.9 Å². The minimum atomic E-state index is -0.435. The predicted molar refractivity (Wildman–Crippen MR) is 104 cm³/mol. The van der Waals surface area contributed by atoms with Crippen molar-refractivity contribution in [1.82, 2.24) is 10.1 Å². The molecule has 0 aliphatic rings. The number of aromatic nitrogens is 1. The van der Waals surface area contributed by atoms with Crippen molar-refractivity contribution >= 4 is 17.5 Å². The smallest absolute Gasteiger partial charge is 0.253 e. The Bertz CT molecular complexity index is 946. The van der Waals surface area contributed by atoms with E-state index >= 15 is 0 Å². The molecule has 146 valence electrons. The van der Waals surface area contributed by atoms with E-state index in [2.05, 4.69) is 5.16 Å². The molecule has 0 atom stereocenters. The van der Waals surface area contributed by atoms with Gasteiger partial charge in [0.15, 0.2) is 0 Å². The van der Waals surface area contributed by atoms with Crippen LogP contribution in [-0.2, 0) is 13.2 Å². The van der Waals surface area contributed by atoms with Crippen molar-refractivity contribution in [2.75, 3.05) is 7.05 Å². The Hall–Kier alpha value is -2.86. The van der Waals surface area contributed by atoms with Crippen LogP contribution < -0.4 is 4.74 Å². The lowest BCUT2D eigenvalue weighted by Crippen LogP contribution is -2.26. The van der Waals surface area contributed by atoms with Gasteiger partial charge >= 0.3 is 0 Å². The Morgan fingerprint density at radius 1 is 1.18 bits per heavy atom. The Kier molecular flexibility index (Phi) is 5.99. The maximum absolute atomic E-state index is 13.9. The zero-order valence-corrected chi connectivity index (χ0v) is 16.6. The topological polar surface area (TPSA) is 55.6 Å². The fraction of sp³-hybridized carbons (Fsp3) is 0.238. The first kappa shape index (κ1) is 19.9. The average molecular weight is 403 g/mol. The molecule has 2 aromatic carbocycles.